The van der Waals surface area contributed by atoms with Gasteiger partial charge >= 0.3 is 0 Å². The van der Waals surface area contributed by atoms with E-state index in [0.717, 1.165) is 53.0 Å². The predicted octanol–water partition coefficient (Wildman–Crippen LogP) is 6.16. The van der Waals surface area contributed by atoms with E-state index in [-0.39, 0.29) is 11.7 Å². The van der Waals surface area contributed by atoms with Gasteiger partial charge in [0.2, 0.25) is 0 Å². The number of halogens is 3. The van der Waals surface area contributed by atoms with Crippen LogP contribution in [-0.4, -0.2) is 36.4 Å². The summed E-state index contributed by atoms with van der Waals surface area (Å²) in [7, 11) is 1.63. The van der Waals surface area contributed by atoms with E-state index in [4.69, 9.17) is 4.74 Å². The minimum absolute atomic E-state index is 0.112. The Morgan fingerprint density at radius 3 is 2.44 bits per heavy atom. The van der Waals surface area contributed by atoms with Crippen LogP contribution in [0.4, 0.5) is 14.5 Å². The molecule has 0 aromatic heterocycles. The molecule has 2 heterocycles. The van der Waals surface area contributed by atoms with Gasteiger partial charge in [-0.05, 0) is 66.4 Å². The predicted molar refractivity (Wildman–Crippen MR) is 131 cm³/mol. The number of carbonyl (C=O) groups excluding carboxylic acids is 1. The number of Topliss-reactive ketones (excluding diaryl/α,β-unsaturated/α-hetero) is 1. The number of piperidine rings is 1. The third kappa shape index (κ3) is 4.23. The lowest BCUT2D eigenvalue weighted by Gasteiger charge is -2.50. The van der Waals surface area contributed by atoms with Crippen molar-refractivity contribution in [2.75, 3.05) is 25.5 Å². The number of nitrogens with zero attached hydrogens (tertiary/aromatic N) is 1. The molecule has 1 fully saturated rings. The van der Waals surface area contributed by atoms with E-state index in [1.165, 1.54) is 12.1 Å². The van der Waals surface area contributed by atoms with Crippen molar-refractivity contribution in [3.63, 3.8) is 0 Å². The number of ketones is 1. The highest BCUT2D eigenvalue weighted by Gasteiger charge is 2.49. The normalized spacial score (nSPS) is 19.5. The molecule has 0 amide bonds. The molecule has 4 nitrogen and oxygen atoms in total. The number of likely N-dealkylation sites (tertiary alicyclic amines) is 1. The zero-order chi connectivity index (χ0) is 23.9. The molecule has 5 rings (SSSR count). The Morgan fingerprint density at radius 1 is 1.03 bits per heavy atom. The molecule has 1 unspecified atom stereocenters. The van der Waals surface area contributed by atoms with Gasteiger partial charge < -0.3 is 10.1 Å². The van der Waals surface area contributed by atoms with Gasteiger partial charge in [-0.25, -0.2) is 8.78 Å². The topological polar surface area (TPSA) is 41.6 Å². The Hall–Kier alpha value is -2.77. The van der Waals surface area contributed by atoms with Gasteiger partial charge in [0.15, 0.2) is 17.4 Å². The first-order valence-electron chi connectivity index (χ1n) is 11.3. The maximum atomic E-state index is 13.8. The van der Waals surface area contributed by atoms with Crippen molar-refractivity contribution in [3.05, 3.63) is 93.5 Å². The molecule has 2 aliphatic rings. The van der Waals surface area contributed by atoms with Gasteiger partial charge in [-0.15, -0.1) is 0 Å². The molecule has 2 aliphatic heterocycles. The van der Waals surface area contributed by atoms with Gasteiger partial charge in [0.05, 0.1) is 18.6 Å². The minimum Gasteiger partial charge on any atom is -0.497 e. The molecule has 1 spiro atoms. The lowest BCUT2D eigenvalue weighted by Crippen LogP contribution is -2.56. The van der Waals surface area contributed by atoms with E-state index in [2.05, 4.69) is 26.1 Å². The highest BCUT2D eigenvalue weighted by Crippen LogP contribution is 2.47. The molecule has 0 aliphatic carbocycles. The van der Waals surface area contributed by atoms with Crippen LogP contribution in [-0.2, 0) is 6.54 Å². The molecular formula is C27H25BrF2N2O2. The molecule has 0 saturated carbocycles. The number of methoxy groups -OCH3 is 1. The van der Waals surface area contributed by atoms with E-state index >= 15 is 0 Å². The van der Waals surface area contributed by atoms with Crippen molar-refractivity contribution in [2.24, 2.45) is 0 Å². The fraction of sp³-hybridized carbons (Fsp3) is 0.296. The summed E-state index contributed by atoms with van der Waals surface area (Å²) in [4.78, 5) is 16.0. The van der Waals surface area contributed by atoms with Crippen molar-refractivity contribution < 1.29 is 18.3 Å². The highest BCUT2D eigenvalue weighted by molar-refractivity contribution is 9.10. The van der Waals surface area contributed by atoms with E-state index in [9.17, 15) is 13.6 Å². The van der Waals surface area contributed by atoms with Crippen LogP contribution >= 0.6 is 15.9 Å². The molecule has 1 saturated heterocycles. The third-order valence-electron chi connectivity index (χ3n) is 7.03. The molecule has 1 atom stereocenters. The van der Waals surface area contributed by atoms with Gasteiger partial charge in [-0.3, -0.25) is 9.69 Å². The number of hydrogen-bond acceptors (Lipinski definition) is 4. The maximum Gasteiger partial charge on any atom is 0.174 e. The largest absolute Gasteiger partial charge is 0.497 e. The van der Waals surface area contributed by atoms with Crippen LogP contribution < -0.4 is 10.1 Å². The number of ether oxygens (including phenoxy) is 1. The van der Waals surface area contributed by atoms with Crippen molar-refractivity contribution in [1.29, 1.82) is 0 Å². The maximum absolute atomic E-state index is 13.8. The standard InChI is InChI=1S/C27H25BrF2N2O2/c1-34-20-6-3-18(4-7-20)25-26(33)21-8-5-19(28)15-24(21)31-27(25)10-12-32(13-11-27)16-17-2-9-22(29)23(30)14-17/h2-9,14-15,25,31H,10-13,16H2,1H3. The Balaban J connectivity index is 1.44. The molecule has 0 bridgehead atoms. The number of rotatable bonds is 4. The molecular weight excluding hydrogens is 502 g/mol. The zero-order valence-corrected chi connectivity index (χ0v) is 20.4. The van der Waals surface area contributed by atoms with Crippen LogP contribution in [0.5, 0.6) is 5.75 Å². The van der Waals surface area contributed by atoms with Crippen LogP contribution in [0.15, 0.2) is 65.1 Å². The SMILES string of the molecule is COc1ccc(C2C(=O)c3ccc(Br)cc3NC23CCN(Cc2ccc(F)c(F)c2)CC3)cc1. The second-order valence-electron chi connectivity index (χ2n) is 9.07. The van der Waals surface area contributed by atoms with Gasteiger partial charge in [-0.1, -0.05) is 34.1 Å². The van der Waals surface area contributed by atoms with Gasteiger partial charge in [-0.2, -0.15) is 0 Å². The summed E-state index contributed by atoms with van der Waals surface area (Å²) in [5.74, 6) is -1.14. The fourth-order valence-electron chi connectivity index (χ4n) is 5.27. The highest BCUT2D eigenvalue weighted by atomic mass is 79.9. The van der Waals surface area contributed by atoms with Crippen LogP contribution in [0.25, 0.3) is 0 Å². The van der Waals surface area contributed by atoms with E-state index < -0.39 is 17.2 Å². The second-order valence-corrected chi connectivity index (χ2v) is 9.98. The monoisotopic (exact) mass is 526 g/mol. The fourth-order valence-corrected chi connectivity index (χ4v) is 5.63. The molecule has 176 valence electrons. The van der Waals surface area contributed by atoms with Gasteiger partial charge in [0.1, 0.15) is 5.75 Å². The number of fused-ring (bicyclic) bond motifs is 1. The van der Waals surface area contributed by atoms with Crippen LogP contribution in [0.2, 0.25) is 0 Å². The Kier molecular flexibility index (Phi) is 6.16. The van der Waals surface area contributed by atoms with E-state index in [1.807, 2.05) is 42.5 Å². The average Bonchev–Trinajstić information content (AvgIpc) is 2.83. The summed E-state index contributed by atoms with van der Waals surface area (Å²) in [6, 6.07) is 17.5. The average molecular weight is 527 g/mol. The van der Waals surface area contributed by atoms with Gasteiger partial charge in [0, 0.05) is 35.4 Å². The Morgan fingerprint density at radius 2 is 1.76 bits per heavy atom. The molecule has 3 aromatic rings. The Bertz CT molecular complexity index is 1220. The van der Waals surface area contributed by atoms with Crippen molar-refractivity contribution >= 4 is 27.4 Å². The van der Waals surface area contributed by atoms with Crippen LogP contribution in [0.3, 0.4) is 0 Å². The summed E-state index contributed by atoms with van der Waals surface area (Å²) in [6.45, 7) is 2.00. The molecule has 34 heavy (non-hydrogen) atoms. The third-order valence-corrected chi connectivity index (χ3v) is 7.53. The first-order valence-corrected chi connectivity index (χ1v) is 12.1. The quantitative estimate of drug-likeness (QED) is 0.441. The molecule has 7 heteroatoms. The Labute approximate surface area is 206 Å². The smallest absolute Gasteiger partial charge is 0.174 e. The number of carbonyl (C=O) groups is 1. The van der Waals surface area contributed by atoms with Gasteiger partial charge in [0.25, 0.3) is 0 Å². The van der Waals surface area contributed by atoms with Crippen LogP contribution in [0.1, 0.15) is 40.2 Å². The number of benzene rings is 3. The number of anilines is 1. The lowest BCUT2D eigenvalue weighted by molar-refractivity contribution is 0.0842. The minimum atomic E-state index is -0.835. The first-order chi connectivity index (χ1) is 16.4. The van der Waals surface area contributed by atoms with Crippen molar-refractivity contribution in [2.45, 2.75) is 30.8 Å². The summed E-state index contributed by atoms with van der Waals surface area (Å²) in [5.41, 5.74) is 2.80. The van der Waals surface area contributed by atoms with E-state index in [1.54, 1.807) is 13.2 Å². The first kappa shape index (κ1) is 23.0. The van der Waals surface area contributed by atoms with E-state index in [0.29, 0.717) is 12.1 Å². The van der Waals surface area contributed by atoms with Crippen molar-refractivity contribution in [1.82, 2.24) is 4.90 Å². The zero-order valence-electron chi connectivity index (χ0n) is 18.8. The molecule has 0 radical (unpaired) electrons. The number of hydrogen-bond donors (Lipinski definition) is 1. The number of nitrogens with one attached hydrogen (secondary N) is 1. The van der Waals surface area contributed by atoms with Crippen LogP contribution in [0, 0.1) is 11.6 Å². The second kappa shape index (κ2) is 9.12. The summed E-state index contributed by atoms with van der Waals surface area (Å²) >= 11 is 3.53. The summed E-state index contributed by atoms with van der Waals surface area (Å²) < 4.78 is 33.2. The summed E-state index contributed by atoms with van der Waals surface area (Å²) in [6.07, 6.45) is 1.48. The molecule has 1 N–H and O–H groups in total. The molecule has 3 aromatic carbocycles. The summed E-state index contributed by atoms with van der Waals surface area (Å²) in [5, 5.41) is 3.74. The lowest BCUT2D eigenvalue weighted by atomic mass is 9.67. The van der Waals surface area contributed by atoms with Crippen molar-refractivity contribution in [3.8, 4) is 5.75 Å².